The zero-order chi connectivity index (χ0) is 29.4. The van der Waals surface area contributed by atoms with Crippen LogP contribution in [-0.2, 0) is 26.2 Å². The lowest BCUT2D eigenvalue weighted by Crippen LogP contribution is -2.52. The van der Waals surface area contributed by atoms with E-state index in [9.17, 15) is 18.0 Å². The molecule has 0 spiro atoms. The summed E-state index contributed by atoms with van der Waals surface area (Å²) in [4.78, 5) is 28.5. The standard InChI is InChI=1S/C30H35Cl2N3O4S/c1-5-28(30(37)33-6-2)34(19-22-12-17-26(31)27(32)18-22)29(36)20-35(24-15-13-23(14-16-24)21(3)4)40(38,39)25-10-8-7-9-11-25/h7-18,21,28H,5-6,19-20H2,1-4H3,(H,33,37)/t28-/m1/s1. The van der Waals surface area contributed by atoms with Gasteiger partial charge in [-0.3, -0.25) is 13.9 Å². The van der Waals surface area contributed by atoms with Crippen LogP contribution in [0.15, 0.2) is 77.7 Å². The van der Waals surface area contributed by atoms with Crippen molar-refractivity contribution in [2.75, 3.05) is 17.4 Å². The molecule has 10 heteroatoms. The molecule has 7 nitrogen and oxygen atoms in total. The maximum atomic E-state index is 14.0. The third-order valence-electron chi connectivity index (χ3n) is 6.53. The van der Waals surface area contributed by atoms with E-state index in [0.717, 1.165) is 9.87 Å². The molecule has 3 aromatic carbocycles. The van der Waals surface area contributed by atoms with Gasteiger partial charge in [0, 0.05) is 13.1 Å². The van der Waals surface area contributed by atoms with Gasteiger partial charge in [0.25, 0.3) is 10.0 Å². The maximum absolute atomic E-state index is 14.0. The summed E-state index contributed by atoms with van der Waals surface area (Å²) in [5.41, 5.74) is 2.04. The van der Waals surface area contributed by atoms with Gasteiger partial charge in [-0.25, -0.2) is 8.42 Å². The largest absolute Gasteiger partial charge is 0.355 e. The molecule has 0 aromatic heterocycles. The van der Waals surface area contributed by atoms with Gasteiger partial charge in [-0.1, -0.05) is 80.4 Å². The Bertz CT molecular complexity index is 1410. The molecule has 0 fully saturated rings. The van der Waals surface area contributed by atoms with Crippen LogP contribution in [0.1, 0.15) is 51.2 Å². The van der Waals surface area contributed by atoms with Gasteiger partial charge in [-0.05, 0) is 66.8 Å². The Balaban J connectivity index is 2.07. The molecule has 0 heterocycles. The van der Waals surface area contributed by atoms with Crippen LogP contribution in [0.2, 0.25) is 10.0 Å². The van der Waals surface area contributed by atoms with Crippen LogP contribution in [0, 0.1) is 0 Å². The van der Waals surface area contributed by atoms with E-state index in [1.54, 1.807) is 62.4 Å². The second kappa shape index (κ2) is 14.0. The minimum atomic E-state index is -4.12. The fraction of sp³-hybridized carbons (Fsp3) is 0.333. The molecule has 0 unspecified atom stereocenters. The van der Waals surface area contributed by atoms with Crippen molar-refractivity contribution < 1.29 is 18.0 Å². The van der Waals surface area contributed by atoms with Gasteiger partial charge >= 0.3 is 0 Å². The van der Waals surface area contributed by atoms with Crippen LogP contribution in [0.4, 0.5) is 5.69 Å². The smallest absolute Gasteiger partial charge is 0.264 e. The summed E-state index contributed by atoms with van der Waals surface area (Å²) in [6.07, 6.45) is 0.327. The average molecular weight is 605 g/mol. The Morgan fingerprint density at radius 3 is 2.10 bits per heavy atom. The van der Waals surface area contributed by atoms with Crippen molar-refractivity contribution in [2.45, 2.75) is 57.5 Å². The van der Waals surface area contributed by atoms with Crippen LogP contribution in [-0.4, -0.2) is 44.3 Å². The molecule has 0 aliphatic carbocycles. The quantitative estimate of drug-likeness (QED) is 0.265. The number of nitrogens with zero attached hydrogens (tertiary/aromatic N) is 2. The molecule has 3 aromatic rings. The number of rotatable bonds is 12. The predicted octanol–water partition coefficient (Wildman–Crippen LogP) is 6.26. The first kappa shape index (κ1) is 31.5. The summed E-state index contributed by atoms with van der Waals surface area (Å²) in [6.45, 7) is 7.62. The molecule has 1 N–H and O–H groups in total. The maximum Gasteiger partial charge on any atom is 0.264 e. The summed E-state index contributed by atoms with van der Waals surface area (Å²) in [5, 5.41) is 3.46. The van der Waals surface area contributed by atoms with Crippen molar-refractivity contribution in [3.8, 4) is 0 Å². The number of halogens is 2. The topological polar surface area (TPSA) is 86.8 Å². The Labute approximate surface area is 247 Å². The van der Waals surface area contributed by atoms with Crippen LogP contribution in [0.5, 0.6) is 0 Å². The molecule has 3 rings (SSSR count). The lowest BCUT2D eigenvalue weighted by Gasteiger charge is -2.33. The molecule has 0 aliphatic heterocycles. The highest BCUT2D eigenvalue weighted by molar-refractivity contribution is 7.92. The second-order valence-corrected chi connectivity index (χ2v) is 12.3. The molecule has 40 heavy (non-hydrogen) atoms. The van der Waals surface area contributed by atoms with E-state index in [4.69, 9.17) is 23.2 Å². The summed E-state index contributed by atoms with van der Waals surface area (Å²) in [7, 11) is -4.12. The number of nitrogens with one attached hydrogen (secondary N) is 1. The number of hydrogen-bond acceptors (Lipinski definition) is 4. The lowest BCUT2D eigenvalue weighted by molar-refractivity contribution is -0.140. The summed E-state index contributed by atoms with van der Waals surface area (Å²) in [5.74, 6) is -0.604. The van der Waals surface area contributed by atoms with Crippen molar-refractivity contribution in [1.29, 1.82) is 0 Å². The zero-order valence-electron chi connectivity index (χ0n) is 23.1. The van der Waals surface area contributed by atoms with E-state index in [2.05, 4.69) is 5.32 Å². The number of sulfonamides is 1. The molecule has 0 radical (unpaired) electrons. The molecule has 0 bridgehead atoms. The van der Waals surface area contributed by atoms with Crippen molar-refractivity contribution in [3.63, 3.8) is 0 Å². The lowest BCUT2D eigenvalue weighted by atomic mass is 10.0. The van der Waals surface area contributed by atoms with Gasteiger partial charge in [0.05, 0.1) is 20.6 Å². The van der Waals surface area contributed by atoms with Crippen molar-refractivity contribution in [3.05, 3.63) is 94.0 Å². The second-order valence-electron chi connectivity index (χ2n) is 9.66. The number of likely N-dealkylation sites (N-methyl/N-ethyl adjacent to an activating group) is 1. The van der Waals surface area contributed by atoms with E-state index in [-0.39, 0.29) is 23.3 Å². The van der Waals surface area contributed by atoms with Crippen molar-refractivity contribution in [1.82, 2.24) is 10.2 Å². The highest BCUT2D eigenvalue weighted by Gasteiger charge is 2.33. The normalized spacial score (nSPS) is 12.2. The first-order valence-electron chi connectivity index (χ1n) is 13.2. The number of anilines is 1. The van der Waals surface area contributed by atoms with E-state index in [0.29, 0.717) is 34.3 Å². The molecule has 0 saturated carbocycles. The monoisotopic (exact) mass is 603 g/mol. The Morgan fingerprint density at radius 1 is 0.900 bits per heavy atom. The zero-order valence-corrected chi connectivity index (χ0v) is 25.4. The Kier molecular flexibility index (Phi) is 11.0. The molecular weight excluding hydrogens is 569 g/mol. The summed E-state index contributed by atoms with van der Waals surface area (Å²) in [6, 6.07) is 19.2. The molecule has 214 valence electrons. The number of benzene rings is 3. The predicted molar refractivity (Wildman–Crippen MR) is 161 cm³/mol. The number of carbonyl (C=O) groups is 2. The van der Waals surface area contributed by atoms with Crippen LogP contribution in [0.25, 0.3) is 0 Å². The fourth-order valence-corrected chi connectivity index (χ4v) is 6.08. The highest BCUT2D eigenvalue weighted by atomic mass is 35.5. The van der Waals surface area contributed by atoms with Gasteiger partial charge in [-0.2, -0.15) is 0 Å². The average Bonchev–Trinajstić information content (AvgIpc) is 2.94. The Morgan fingerprint density at radius 2 is 1.55 bits per heavy atom. The first-order valence-corrected chi connectivity index (χ1v) is 15.4. The van der Waals surface area contributed by atoms with Crippen LogP contribution >= 0.6 is 23.2 Å². The number of hydrogen-bond donors (Lipinski definition) is 1. The van der Waals surface area contributed by atoms with Gasteiger partial charge in [0.2, 0.25) is 11.8 Å². The molecule has 1 atom stereocenters. The van der Waals surface area contributed by atoms with Gasteiger partial charge in [0.15, 0.2) is 0 Å². The minimum absolute atomic E-state index is 0.0386. The van der Waals surface area contributed by atoms with E-state index >= 15 is 0 Å². The third kappa shape index (κ3) is 7.56. The van der Waals surface area contributed by atoms with Gasteiger partial charge in [0.1, 0.15) is 12.6 Å². The summed E-state index contributed by atoms with van der Waals surface area (Å²) < 4.78 is 28.8. The third-order valence-corrected chi connectivity index (χ3v) is 9.06. The molecule has 0 aliphatic rings. The molecule has 0 saturated heterocycles. The van der Waals surface area contributed by atoms with Gasteiger partial charge in [-0.15, -0.1) is 0 Å². The first-order chi connectivity index (χ1) is 19.0. The Hall–Kier alpha value is -3.07. The number of carbonyl (C=O) groups excluding carboxylic acids is 2. The van der Waals surface area contributed by atoms with Crippen molar-refractivity contribution >= 4 is 50.7 Å². The number of amides is 2. The SMILES string of the molecule is CCNC(=O)[C@@H](CC)N(Cc1ccc(Cl)c(Cl)c1)C(=O)CN(c1ccc(C(C)C)cc1)S(=O)(=O)c1ccccc1. The van der Waals surface area contributed by atoms with E-state index < -0.39 is 28.5 Å². The molecular formula is C30H35Cl2N3O4S. The van der Waals surface area contributed by atoms with E-state index in [1.165, 1.54) is 17.0 Å². The van der Waals surface area contributed by atoms with Crippen LogP contribution < -0.4 is 9.62 Å². The minimum Gasteiger partial charge on any atom is -0.355 e. The van der Waals surface area contributed by atoms with Crippen LogP contribution in [0.3, 0.4) is 0 Å². The summed E-state index contributed by atoms with van der Waals surface area (Å²) >= 11 is 12.3. The van der Waals surface area contributed by atoms with E-state index in [1.807, 2.05) is 26.0 Å². The molecule has 2 amide bonds. The van der Waals surface area contributed by atoms with Crippen molar-refractivity contribution in [2.24, 2.45) is 0 Å². The highest BCUT2D eigenvalue weighted by Crippen LogP contribution is 2.28. The van der Waals surface area contributed by atoms with Gasteiger partial charge < -0.3 is 10.2 Å². The fourth-order valence-electron chi connectivity index (χ4n) is 4.32.